The molecule has 0 bridgehead atoms. The highest BCUT2D eigenvalue weighted by Gasteiger charge is 2.00. The van der Waals surface area contributed by atoms with Gasteiger partial charge in [0.05, 0.1) is 0 Å². The minimum atomic E-state index is 0.163. The van der Waals surface area contributed by atoms with E-state index in [0.29, 0.717) is 11.0 Å². The Bertz CT molecular complexity index is 508. The Balaban J connectivity index is 1.90. The number of nitrogens with one attached hydrogen (secondary N) is 1. The number of nitrogens with zero attached hydrogens (tertiary/aromatic N) is 2. The van der Waals surface area contributed by atoms with Gasteiger partial charge in [0, 0.05) is 17.6 Å². The molecule has 6 heteroatoms. The van der Waals surface area contributed by atoms with Crippen molar-refractivity contribution >= 4 is 35.0 Å². The summed E-state index contributed by atoms with van der Waals surface area (Å²) >= 11 is 11.6. The van der Waals surface area contributed by atoms with E-state index in [1.807, 2.05) is 24.3 Å². The minimum absolute atomic E-state index is 0.163. The van der Waals surface area contributed by atoms with Crippen molar-refractivity contribution in [1.29, 1.82) is 0 Å². The highest BCUT2D eigenvalue weighted by atomic mass is 35.5. The summed E-state index contributed by atoms with van der Waals surface area (Å²) in [5.41, 5.74) is 6.69. The van der Waals surface area contributed by atoms with Crippen LogP contribution in [0.2, 0.25) is 10.2 Å². The van der Waals surface area contributed by atoms with E-state index >= 15 is 0 Å². The summed E-state index contributed by atoms with van der Waals surface area (Å²) in [6.45, 7) is 0.731. The zero-order valence-electron chi connectivity index (χ0n) is 9.53. The summed E-state index contributed by atoms with van der Waals surface area (Å²) < 4.78 is 0. The van der Waals surface area contributed by atoms with Crippen LogP contribution in [0.25, 0.3) is 0 Å². The first kappa shape index (κ1) is 12.9. The van der Waals surface area contributed by atoms with E-state index in [1.54, 1.807) is 6.07 Å². The van der Waals surface area contributed by atoms with Gasteiger partial charge in [-0.3, -0.25) is 0 Å². The maximum atomic E-state index is 5.82. The molecule has 0 spiro atoms. The largest absolute Gasteiger partial charge is 0.370 e. The van der Waals surface area contributed by atoms with Crippen molar-refractivity contribution in [3.8, 4) is 0 Å². The fraction of sp³-hybridized carbons (Fsp3) is 0.167. The number of anilines is 2. The lowest BCUT2D eigenvalue weighted by molar-refractivity contribution is 1.00. The second-order valence-electron chi connectivity index (χ2n) is 3.74. The van der Waals surface area contributed by atoms with E-state index in [0.717, 1.165) is 18.0 Å². The lowest BCUT2D eigenvalue weighted by Crippen LogP contribution is -2.08. The molecule has 4 nitrogen and oxygen atoms in total. The molecule has 0 unspecified atom stereocenters. The topological polar surface area (TPSA) is 63.8 Å². The molecular weight excluding hydrogens is 271 g/mol. The fourth-order valence-electron chi connectivity index (χ4n) is 1.51. The van der Waals surface area contributed by atoms with Crippen LogP contribution in [0.3, 0.4) is 0 Å². The van der Waals surface area contributed by atoms with E-state index in [4.69, 9.17) is 28.9 Å². The smallest absolute Gasteiger partial charge is 0.223 e. The summed E-state index contributed by atoms with van der Waals surface area (Å²) in [6, 6.07) is 9.36. The van der Waals surface area contributed by atoms with Gasteiger partial charge in [0.1, 0.15) is 11.0 Å². The van der Waals surface area contributed by atoms with E-state index in [-0.39, 0.29) is 5.95 Å². The molecule has 0 saturated heterocycles. The van der Waals surface area contributed by atoms with Gasteiger partial charge >= 0.3 is 0 Å². The highest BCUT2D eigenvalue weighted by molar-refractivity contribution is 6.30. The van der Waals surface area contributed by atoms with E-state index in [9.17, 15) is 0 Å². The number of hydrogen-bond acceptors (Lipinski definition) is 4. The first-order chi connectivity index (χ1) is 8.63. The molecule has 0 radical (unpaired) electrons. The van der Waals surface area contributed by atoms with Gasteiger partial charge in [0.2, 0.25) is 5.95 Å². The summed E-state index contributed by atoms with van der Waals surface area (Å²) in [5, 5.41) is 4.21. The lowest BCUT2D eigenvalue weighted by Gasteiger charge is -2.06. The SMILES string of the molecule is Nc1nc(Cl)cc(NCCc2ccc(Cl)cc2)n1. The first-order valence-electron chi connectivity index (χ1n) is 5.42. The number of nitrogen functional groups attached to an aromatic ring is 1. The lowest BCUT2D eigenvalue weighted by atomic mass is 10.1. The Hall–Kier alpha value is -1.52. The molecule has 0 aliphatic rings. The van der Waals surface area contributed by atoms with Crippen molar-refractivity contribution in [2.75, 3.05) is 17.6 Å². The van der Waals surface area contributed by atoms with Crippen LogP contribution in [0.4, 0.5) is 11.8 Å². The first-order valence-corrected chi connectivity index (χ1v) is 6.17. The normalized spacial score (nSPS) is 10.3. The van der Waals surface area contributed by atoms with E-state index in [2.05, 4.69) is 15.3 Å². The predicted octanol–water partition coefficient (Wildman–Crippen LogP) is 3.02. The molecule has 0 atom stereocenters. The molecule has 94 valence electrons. The molecule has 1 aromatic heterocycles. The van der Waals surface area contributed by atoms with Crippen LogP contribution in [-0.2, 0) is 6.42 Å². The highest BCUT2D eigenvalue weighted by Crippen LogP contribution is 2.13. The van der Waals surface area contributed by atoms with Crippen LogP contribution >= 0.6 is 23.2 Å². The molecule has 3 N–H and O–H groups in total. The third kappa shape index (κ3) is 3.75. The average molecular weight is 283 g/mol. The Morgan fingerprint density at radius 2 is 1.83 bits per heavy atom. The van der Waals surface area contributed by atoms with Gasteiger partial charge in [-0.15, -0.1) is 0 Å². The maximum absolute atomic E-state index is 5.82. The van der Waals surface area contributed by atoms with Crippen LogP contribution in [0.1, 0.15) is 5.56 Å². The zero-order chi connectivity index (χ0) is 13.0. The number of nitrogens with two attached hydrogens (primary N) is 1. The van der Waals surface area contributed by atoms with Crippen LogP contribution in [0.15, 0.2) is 30.3 Å². The summed E-state index contributed by atoms with van der Waals surface area (Å²) in [7, 11) is 0. The zero-order valence-corrected chi connectivity index (χ0v) is 11.0. The number of benzene rings is 1. The number of hydrogen-bond donors (Lipinski definition) is 2. The second kappa shape index (κ2) is 5.89. The average Bonchev–Trinajstić information content (AvgIpc) is 2.30. The third-order valence-electron chi connectivity index (χ3n) is 2.35. The van der Waals surface area contributed by atoms with Crippen molar-refractivity contribution < 1.29 is 0 Å². The van der Waals surface area contributed by atoms with E-state index in [1.165, 1.54) is 5.56 Å². The van der Waals surface area contributed by atoms with E-state index < -0.39 is 0 Å². The van der Waals surface area contributed by atoms with Crippen molar-refractivity contribution in [3.63, 3.8) is 0 Å². The fourth-order valence-corrected chi connectivity index (χ4v) is 1.83. The van der Waals surface area contributed by atoms with Gasteiger partial charge in [-0.25, -0.2) is 4.98 Å². The molecule has 0 aliphatic heterocycles. The van der Waals surface area contributed by atoms with Gasteiger partial charge in [0.25, 0.3) is 0 Å². The Morgan fingerprint density at radius 3 is 2.50 bits per heavy atom. The summed E-state index contributed by atoms with van der Waals surface area (Å²) in [5.74, 6) is 0.790. The predicted molar refractivity (Wildman–Crippen MR) is 75.1 cm³/mol. The van der Waals surface area contributed by atoms with Crippen molar-refractivity contribution in [3.05, 3.63) is 46.1 Å². The quantitative estimate of drug-likeness (QED) is 0.847. The Labute approximate surface area is 115 Å². The molecular formula is C12H12Cl2N4. The van der Waals surface area contributed by atoms with Crippen molar-refractivity contribution in [2.24, 2.45) is 0 Å². The molecule has 1 aromatic carbocycles. The van der Waals surface area contributed by atoms with Gasteiger partial charge in [-0.2, -0.15) is 4.98 Å². The molecule has 18 heavy (non-hydrogen) atoms. The number of rotatable bonds is 4. The Kier molecular flexibility index (Phi) is 4.23. The summed E-state index contributed by atoms with van der Waals surface area (Å²) in [6.07, 6.45) is 0.860. The monoisotopic (exact) mass is 282 g/mol. The van der Waals surface area contributed by atoms with Crippen molar-refractivity contribution in [1.82, 2.24) is 9.97 Å². The molecule has 2 aromatic rings. The Morgan fingerprint density at radius 1 is 1.11 bits per heavy atom. The van der Waals surface area contributed by atoms with Crippen LogP contribution in [0.5, 0.6) is 0 Å². The van der Waals surface area contributed by atoms with Gasteiger partial charge in [-0.05, 0) is 24.1 Å². The van der Waals surface area contributed by atoms with Gasteiger partial charge in [0.15, 0.2) is 0 Å². The standard InChI is InChI=1S/C12H12Cl2N4/c13-9-3-1-8(2-4-9)5-6-16-11-7-10(14)17-12(15)18-11/h1-4,7H,5-6H2,(H3,15,16,17,18). The van der Waals surface area contributed by atoms with Crippen LogP contribution < -0.4 is 11.1 Å². The molecule has 0 aliphatic carbocycles. The number of halogens is 2. The number of aromatic nitrogens is 2. The minimum Gasteiger partial charge on any atom is -0.370 e. The molecule has 0 amide bonds. The summed E-state index contributed by atoms with van der Waals surface area (Å²) in [4.78, 5) is 7.82. The van der Waals surface area contributed by atoms with Gasteiger partial charge < -0.3 is 11.1 Å². The molecule has 1 heterocycles. The van der Waals surface area contributed by atoms with Crippen molar-refractivity contribution in [2.45, 2.75) is 6.42 Å². The van der Waals surface area contributed by atoms with Crippen LogP contribution in [0, 0.1) is 0 Å². The van der Waals surface area contributed by atoms with Crippen LogP contribution in [-0.4, -0.2) is 16.5 Å². The molecule has 0 fully saturated rings. The second-order valence-corrected chi connectivity index (χ2v) is 4.56. The molecule has 2 rings (SSSR count). The maximum Gasteiger partial charge on any atom is 0.223 e. The molecule has 0 saturated carbocycles. The van der Waals surface area contributed by atoms with Gasteiger partial charge in [-0.1, -0.05) is 35.3 Å². The third-order valence-corrected chi connectivity index (χ3v) is 2.79.